The third-order valence-corrected chi connectivity index (χ3v) is 4.86. The average molecular weight is 354 g/mol. The molecule has 4 nitrogen and oxygen atoms in total. The minimum Gasteiger partial charge on any atom is -0.319 e. The summed E-state index contributed by atoms with van der Waals surface area (Å²) in [6.45, 7) is 8.24. The SMILES string of the molecule is CC(C)(C)c1ccc(CN2C(=O)NC(C)(c3ccc(F)cc3)C2=O)cc1. The van der Waals surface area contributed by atoms with Gasteiger partial charge in [0.2, 0.25) is 0 Å². The molecule has 1 saturated heterocycles. The lowest BCUT2D eigenvalue weighted by Crippen LogP contribution is -2.40. The number of halogens is 1. The third kappa shape index (κ3) is 3.21. The first kappa shape index (κ1) is 18.1. The maximum atomic E-state index is 13.2. The molecule has 0 radical (unpaired) electrons. The van der Waals surface area contributed by atoms with Gasteiger partial charge in [0, 0.05) is 0 Å². The Morgan fingerprint density at radius 1 is 1.00 bits per heavy atom. The molecule has 3 amide bonds. The standard InChI is InChI=1S/C21H23FN2O2/c1-20(2,3)15-7-5-14(6-8-15)13-24-18(25)21(4,23-19(24)26)16-9-11-17(22)12-10-16/h5-12H,13H2,1-4H3,(H,23,26). The Morgan fingerprint density at radius 3 is 2.12 bits per heavy atom. The van der Waals surface area contributed by atoms with Crippen LogP contribution in [-0.4, -0.2) is 16.8 Å². The Morgan fingerprint density at radius 2 is 1.58 bits per heavy atom. The number of carbonyl (C=O) groups excluding carboxylic acids is 2. The number of nitrogens with one attached hydrogen (secondary N) is 1. The van der Waals surface area contributed by atoms with Crippen molar-refractivity contribution in [2.45, 2.75) is 45.2 Å². The molecular weight excluding hydrogens is 331 g/mol. The number of amides is 3. The van der Waals surface area contributed by atoms with E-state index in [1.807, 2.05) is 24.3 Å². The zero-order valence-electron chi connectivity index (χ0n) is 15.5. The quantitative estimate of drug-likeness (QED) is 0.844. The van der Waals surface area contributed by atoms with Gasteiger partial charge in [-0.1, -0.05) is 57.2 Å². The maximum absolute atomic E-state index is 13.2. The minimum atomic E-state index is -1.18. The van der Waals surface area contributed by atoms with Crippen LogP contribution in [0.1, 0.15) is 44.4 Å². The average Bonchev–Trinajstić information content (AvgIpc) is 2.79. The van der Waals surface area contributed by atoms with Crippen LogP contribution in [0, 0.1) is 5.82 Å². The molecule has 0 saturated carbocycles. The fraction of sp³-hybridized carbons (Fsp3) is 0.333. The highest BCUT2D eigenvalue weighted by atomic mass is 19.1. The van der Waals surface area contributed by atoms with Crippen molar-refractivity contribution in [3.05, 3.63) is 71.0 Å². The molecule has 26 heavy (non-hydrogen) atoms. The number of rotatable bonds is 3. The molecule has 1 atom stereocenters. The van der Waals surface area contributed by atoms with E-state index in [0.29, 0.717) is 5.56 Å². The number of urea groups is 1. The van der Waals surface area contributed by atoms with Gasteiger partial charge in [0.05, 0.1) is 6.54 Å². The Balaban J connectivity index is 1.82. The maximum Gasteiger partial charge on any atom is 0.325 e. The third-order valence-electron chi connectivity index (χ3n) is 4.86. The van der Waals surface area contributed by atoms with Crippen molar-refractivity contribution in [2.24, 2.45) is 0 Å². The van der Waals surface area contributed by atoms with E-state index in [-0.39, 0.29) is 23.7 Å². The number of imide groups is 1. The van der Waals surface area contributed by atoms with Crippen molar-refractivity contribution in [2.75, 3.05) is 0 Å². The van der Waals surface area contributed by atoms with E-state index in [0.717, 1.165) is 5.56 Å². The van der Waals surface area contributed by atoms with Gasteiger partial charge in [0.1, 0.15) is 11.4 Å². The zero-order valence-corrected chi connectivity index (χ0v) is 15.5. The minimum absolute atomic E-state index is 0.0422. The normalized spacial score (nSPS) is 20.4. The monoisotopic (exact) mass is 354 g/mol. The van der Waals surface area contributed by atoms with E-state index in [9.17, 15) is 14.0 Å². The molecule has 1 aliphatic heterocycles. The highest BCUT2D eigenvalue weighted by Gasteiger charge is 2.48. The predicted molar refractivity (Wildman–Crippen MR) is 98.0 cm³/mol. The number of hydrogen-bond donors (Lipinski definition) is 1. The van der Waals surface area contributed by atoms with Crippen molar-refractivity contribution in [3.8, 4) is 0 Å². The first-order chi connectivity index (χ1) is 12.1. The molecule has 1 N–H and O–H groups in total. The molecule has 3 rings (SSSR count). The first-order valence-corrected chi connectivity index (χ1v) is 8.61. The predicted octanol–water partition coefficient (Wildman–Crippen LogP) is 4.09. The van der Waals surface area contributed by atoms with E-state index < -0.39 is 11.6 Å². The van der Waals surface area contributed by atoms with Crippen LogP contribution in [0.25, 0.3) is 0 Å². The Bertz CT molecular complexity index is 838. The lowest BCUT2D eigenvalue weighted by molar-refractivity contribution is -0.131. The lowest BCUT2D eigenvalue weighted by atomic mass is 9.86. The summed E-state index contributed by atoms with van der Waals surface area (Å²) in [6.07, 6.45) is 0. The number of benzene rings is 2. The molecule has 136 valence electrons. The summed E-state index contributed by atoms with van der Waals surface area (Å²) in [5.74, 6) is -0.723. The van der Waals surface area contributed by atoms with Crippen LogP contribution < -0.4 is 5.32 Å². The second-order valence-corrected chi connectivity index (χ2v) is 7.90. The zero-order chi connectivity index (χ0) is 19.1. The molecule has 1 aliphatic rings. The van der Waals surface area contributed by atoms with E-state index in [1.165, 1.54) is 34.7 Å². The Hall–Kier alpha value is -2.69. The molecule has 0 spiro atoms. The second-order valence-electron chi connectivity index (χ2n) is 7.90. The van der Waals surface area contributed by atoms with Crippen molar-refractivity contribution in [1.82, 2.24) is 10.2 Å². The fourth-order valence-electron chi connectivity index (χ4n) is 3.11. The summed E-state index contributed by atoms with van der Waals surface area (Å²) in [5.41, 5.74) is 1.48. The molecule has 1 heterocycles. The number of carbonyl (C=O) groups is 2. The molecule has 2 aromatic carbocycles. The number of hydrogen-bond acceptors (Lipinski definition) is 2. The number of nitrogens with zero attached hydrogens (tertiary/aromatic N) is 1. The Labute approximate surface area is 153 Å². The summed E-state index contributed by atoms with van der Waals surface area (Å²) in [7, 11) is 0. The molecular formula is C21H23FN2O2. The van der Waals surface area contributed by atoms with Gasteiger partial charge in [-0.25, -0.2) is 9.18 Å². The molecule has 5 heteroatoms. The van der Waals surface area contributed by atoms with Gasteiger partial charge in [0.15, 0.2) is 0 Å². The summed E-state index contributed by atoms with van der Waals surface area (Å²) >= 11 is 0. The second kappa shape index (κ2) is 6.24. The molecule has 1 unspecified atom stereocenters. The van der Waals surface area contributed by atoms with E-state index in [4.69, 9.17) is 0 Å². The largest absolute Gasteiger partial charge is 0.325 e. The van der Waals surface area contributed by atoms with Gasteiger partial charge in [-0.3, -0.25) is 9.69 Å². The highest BCUT2D eigenvalue weighted by Crippen LogP contribution is 2.30. The fourth-order valence-corrected chi connectivity index (χ4v) is 3.11. The van der Waals surface area contributed by atoms with Crippen molar-refractivity contribution in [3.63, 3.8) is 0 Å². The van der Waals surface area contributed by atoms with Crippen molar-refractivity contribution in [1.29, 1.82) is 0 Å². The summed E-state index contributed by atoms with van der Waals surface area (Å²) < 4.78 is 13.2. The molecule has 2 aromatic rings. The van der Waals surface area contributed by atoms with Gasteiger partial charge >= 0.3 is 6.03 Å². The van der Waals surface area contributed by atoms with Crippen LogP contribution in [0.2, 0.25) is 0 Å². The van der Waals surface area contributed by atoms with Crippen LogP contribution in [0.15, 0.2) is 48.5 Å². The summed E-state index contributed by atoms with van der Waals surface area (Å²) in [5, 5.41) is 2.74. The van der Waals surface area contributed by atoms with Crippen LogP contribution >= 0.6 is 0 Å². The lowest BCUT2D eigenvalue weighted by Gasteiger charge is -2.22. The van der Waals surface area contributed by atoms with Crippen molar-refractivity contribution < 1.29 is 14.0 Å². The van der Waals surface area contributed by atoms with Gasteiger partial charge < -0.3 is 5.32 Å². The summed E-state index contributed by atoms with van der Waals surface area (Å²) in [4.78, 5) is 26.5. The van der Waals surface area contributed by atoms with E-state index in [2.05, 4.69) is 26.1 Å². The molecule has 0 aromatic heterocycles. The van der Waals surface area contributed by atoms with Crippen molar-refractivity contribution >= 4 is 11.9 Å². The van der Waals surface area contributed by atoms with E-state index in [1.54, 1.807) is 6.92 Å². The van der Waals surface area contributed by atoms with Gasteiger partial charge in [-0.05, 0) is 41.2 Å². The first-order valence-electron chi connectivity index (χ1n) is 8.61. The van der Waals surface area contributed by atoms with Crippen LogP contribution in [0.3, 0.4) is 0 Å². The smallest absolute Gasteiger partial charge is 0.319 e. The van der Waals surface area contributed by atoms with Gasteiger partial charge in [-0.2, -0.15) is 0 Å². The van der Waals surface area contributed by atoms with Crippen LogP contribution in [-0.2, 0) is 22.3 Å². The van der Waals surface area contributed by atoms with Gasteiger partial charge in [-0.15, -0.1) is 0 Å². The van der Waals surface area contributed by atoms with Crippen LogP contribution in [0.4, 0.5) is 9.18 Å². The van der Waals surface area contributed by atoms with E-state index >= 15 is 0 Å². The van der Waals surface area contributed by atoms with Gasteiger partial charge in [0.25, 0.3) is 5.91 Å². The molecule has 1 fully saturated rings. The highest BCUT2D eigenvalue weighted by molar-refractivity contribution is 6.07. The Kier molecular flexibility index (Phi) is 4.34. The topological polar surface area (TPSA) is 49.4 Å². The van der Waals surface area contributed by atoms with Crippen LogP contribution in [0.5, 0.6) is 0 Å². The molecule has 0 bridgehead atoms. The summed E-state index contributed by atoms with van der Waals surface area (Å²) in [6, 6.07) is 13.1. The molecule has 0 aliphatic carbocycles.